The summed E-state index contributed by atoms with van der Waals surface area (Å²) >= 11 is 0. The van der Waals surface area contributed by atoms with Gasteiger partial charge in [-0.1, -0.05) is 24.3 Å². The number of carbonyl (C=O) groups is 1. The summed E-state index contributed by atoms with van der Waals surface area (Å²) in [7, 11) is -2.46. The molecule has 0 aliphatic carbocycles. The molecule has 3 aromatic rings. The number of ether oxygens (including phenoxy) is 1. The fraction of sp³-hybridized carbons (Fsp3) is 0.174. The molecule has 3 aromatic carbocycles. The number of hydrogen-bond acceptors (Lipinski definition) is 5. The highest BCUT2D eigenvalue weighted by Crippen LogP contribution is 2.29. The number of para-hydroxylation sites is 1. The summed E-state index contributed by atoms with van der Waals surface area (Å²) in [5.41, 5.74) is 1.62. The van der Waals surface area contributed by atoms with Crippen LogP contribution in [0.3, 0.4) is 0 Å². The molecule has 2 N–H and O–H groups in total. The zero-order valence-corrected chi connectivity index (χ0v) is 18.3. The summed E-state index contributed by atoms with van der Waals surface area (Å²) in [5, 5.41) is 12.6. The van der Waals surface area contributed by atoms with Crippen LogP contribution in [0, 0.1) is 6.92 Å². The smallest absolute Gasteiger partial charge is 0.264 e. The lowest BCUT2D eigenvalue weighted by Gasteiger charge is -2.24. The minimum absolute atomic E-state index is 0.0587. The minimum Gasteiger partial charge on any atom is -0.504 e. The number of hydrogen-bond donors (Lipinski definition) is 2. The summed E-state index contributed by atoms with van der Waals surface area (Å²) in [6.07, 6.45) is 0. The number of aromatic hydroxyl groups is 1. The van der Waals surface area contributed by atoms with E-state index in [4.69, 9.17) is 4.74 Å². The maximum Gasteiger partial charge on any atom is 0.264 e. The lowest BCUT2D eigenvalue weighted by molar-refractivity contribution is 0.102. The van der Waals surface area contributed by atoms with Crippen LogP contribution in [0.1, 0.15) is 22.8 Å². The van der Waals surface area contributed by atoms with Crippen LogP contribution >= 0.6 is 0 Å². The molecule has 0 heterocycles. The predicted molar refractivity (Wildman–Crippen MR) is 120 cm³/mol. The van der Waals surface area contributed by atoms with E-state index in [9.17, 15) is 18.3 Å². The zero-order valence-electron chi connectivity index (χ0n) is 17.5. The number of nitrogens with one attached hydrogen (secondary N) is 1. The minimum atomic E-state index is -3.88. The SMILES string of the molecule is CCN(c1ccccc1)S(=O)(=O)c1cc(C(=O)Nc2ccc(OC)c(O)c2)ccc1C. The van der Waals surface area contributed by atoms with Gasteiger partial charge in [-0.3, -0.25) is 9.10 Å². The van der Waals surface area contributed by atoms with Gasteiger partial charge in [0.15, 0.2) is 11.5 Å². The zero-order chi connectivity index (χ0) is 22.6. The first-order valence-electron chi connectivity index (χ1n) is 9.64. The van der Waals surface area contributed by atoms with Crippen LogP contribution in [0.5, 0.6) is 11.5 Å². The molecule has 0 saturated carbocycles. The molecule has 162 valence electrons. The number of anilines is 2. The molecule has 0 fully saturated rings. The topological polar surface area (TPSA) is 95.9 Å². The first-order valence-corrected chi connectivity index (χ1v) is 11.1. The molecule has 31 heavy (non-hydrogen) atoms. The number of nitrogens with zero attached hydrogens (tertiary/aromatic N) is 1. The standard InChI is InChI=1S/C23H24N2O5S/c1-4-25(19-8-6-5-7-9-19)31(28,29)22-14-17(11-10-16(22)2)23(27)24-18-12-13-21(30-3)20(26)15-18/h5-15,26H,4H2,1-3H3,(H,24,27). The van der Waals surface area contributed by atoms with Gasteiger partial charge in [-0.2, -0.15) is 0 Å². The molecule has 0 unspecified atom stereocenters. The third kappa shape index (κ3) is 4.64. The molecule has 7 nitrogen and oxygen atoms in total. The number of phenolic OH excluding ortho intramolecular Hbond substituents is 1. The maximum absolute atomic E-state index is 13.4. The quantitative estimate of drug-likeness (QED) is 0.575. The molecule has 0 bridgehead atoms. The Bertz CT molecular complexity index is 1190. The van der Waals surface area contributed by atoms with E-state index in [0.29, 0.717) is 16.9 Å². The second-order valence-corrected chi connectivity index (χ2v) is 8.66. The van der Waals surface area contributed by atoms with Gasteiger partial charge in [-0.05, 0) is 55.8 Å². The van der Waals surface area contributed by atoms with Gasteiger partial charge in [0, 0.05) is 23.9 Å². The Labute approximate surface area is 182 Å². The molecule has 3 rings (SSSR count). The largest absolute Gasteiger partial charge is 0.504 e. The lowest BCUT2D eigenvalue weighted by Crippen LogP contribution is -2.31. The number of benzene rings is 3. The van der Waals surface area contributed by atoms with Gasteiger partial charge < -0.3 is 15.2 Å². The van der Waals surface area contributed by atoms with Crippen molar-refractivity contribution in [2.24, 2.45) is 0 Å². The molecule has 0 spiro atoms. The maximum atomic E-state index is 13.4. The van der Waals surface area contributed by atoms with Crippen LogP contribution in [-0.4, -0.2) is 33.1 Å². The van der Waals surface area contributed by atoms with Crippen molar-refractivity contribution in [3.8, 4) is 11.5 Å². The van der Waals surface area contributed by atoms with E-state index in [2.05, 4.69) is 5.32 Å². The fourth-order valence-electron chi connectivity index (χ4n) is 3.19. The molecule has 8 heteroatoms. The molecular formula is C23H24N2O5S. The number of phenols is 1. The Hall–Kier alpha value is -3.52. The molecule has 0 aliphatic heterocycles. The van der Waals surface area contributed by atoms with Gasteiger partial charge in [0.1, 0.15) is 0 Å². The van der Waals surface area contributed by atoms with Crippen LogP contribution < -0.4 is 14.4 Å². The Morgan fingerprint density at radius 3 is 2.39 bits per heavy atom. The molecule has 0 aromatic heterocycles. The Balaban J connectivity index is 1.94. The molecular weight excluding hydrogens is 416 g/mol. The van der Waals surface area contributed by atoms with Crippen LogP contribution in [0.2, 0.25) is 0 Å². The Morgan fingerprint density at radius 1 is 1.06 bits per heavy atom. The predicted octanol–water partition coefficient (Wildman–Crippen LogP) is 4.18. The van der Waals surface area contributed by atoms with Crippen molar-refractivity contribution in [1.82, 2.24) is 0 Å². The number of aryl methyl sites for hydroxylation is 1. The first kappa shape index (κ1) is 22.2. The van der Waals surface area contributed by atoms with Gasteiger partial charge in [-0.15, -0.1) is 0 Å². The van der Waals surface area contributed by atoms with Crippen molar-refractivity contribution in [2.75, 3.05) is 23.3 Å². The van der Waals surface area contributed by atoms with Crippen molar-refractivity contribution in [3.05, 3.63) is 77.9 Å². The van der Waals surface area contributed by atoms with E-state index >= 15 is 0 Å². The van der Waals surface area contributed by atoms with Crippen LogP contribution in [-0.2, 0) is 10.0 Å². The monoisotopic (exact) mass is 440 g/mol. The van der Waals surface area contributed by atoms with E-state index in [1.807, 2.05) is 6.07 Å². The summed E-state index contributed by atoms with van der Waals surface area (Å²) < 4.78 is 33.1. The van der Waals surface area contributed by atoms with Gasteiger partial charge in [0.2, 0.25) is 0 Å². The summed E-state index contributed by atoms with van der Waals surface area (Å²) in [6, 6.07) is 17.8. The van der Waals surface area contributed by atoms with Gasteiger partial charge in [0.05, 0.1) is 17.7 Å². The molecule has 0 radical (unpaired) electrons. The normalized spacial score (nSPS) is 11.1. The van der Waals surface area contributed by atoms with Crippen molar-refractivity contribution >= 4 is 27.3 Å². The van der Waals surface area contributed by atoms with Gasteiger partial charge >= 0.3 is 0 Å². The number of amides is 1. The highest BCUT2D eigenvalue weighted by atomic mass is 32.2. The summed E-state index contributed by atoms with van der Waals surface area (Å²) in [5.74, 6) is -0.333. The van der Waals surface area contributed by atoms with Gasteiger partial charge in [-0.25, -0.2) is 8.42 Å². The lowest BCUT2D eigenvalue weighted by atomic mass is 10.1. The van der Waals surface area contributed by atoms with E-state index in [-0.39, 0.29) is 28.5 Å². The molecule has 0 aliphatic rings. The molecule has 0 atom stereocenters. The highest BCUT2D eigenvalue weighted by molar-refractivity contribution is 7.92. The van der Waals surface area contributed by atoms with E-state index in [1.165, 1.54) is 29.6 Å². The fourth-order valence-corrected chi connectivity index (χ4v) is 4.92. The van der Waals surface area contributed by atoms with Gasteiger partial charge in [0.25, 0.3) is 15.9 Å². The number of methoxy groups -OCH3 is 1. The van der Waals surface area contributed by atoms with E-state index in [0.717, 1.165) is 0 Å². The van der Waals surface area contributed by atoms with Crippen LogP contribution in [0.25, 0.3) is 0 Å². The average molecular weight is 441 g/mol. The highest BCUT2D eigenvalue weighted by Gasteiger charge is 2.26. The van der Waals surface area contributed by atoms with Crippen LogP contribution in [0.15, 0.2) is 71.6 Å². The Morgan fingerprint density at radius 2 is 1.77 bits per heavy atom. The van der Waals surface area contributed by atoms with E-state index < -0.39 is 15.9 Å². The van der Waals surface area contributed by atoms with E-state index in [1.54, 1.807) is 56.3 Å². The summed E-state index contributed by atoms with van der Waals surface area (Å²) in [4.78, 5) is 12.8. The Kier molecular flexibility index (Phi) is 6.50. The van der Waals surface area contributed by atoms with Crippen molar-refractivity contribution < 1.29 is 23.1 Å². The third-order valence-corrected chi connectivity index (χ3v) is 6.83. The summed E-state index contributed by atoms with van der Waals surface area (Å²) in [6.45, 7) is 3.69. The number of sulfonamides is 1. The average Bonchev–Trinajstić information content (AvgIpc) is 2.75. The molecule has 0 saturated heterocycles. The first-order chi connectivity index (χ1) is 14.8. The van der Waals surface area contributed by atoms with Crippen LogP contribution in [0.4, 0.5) is 11.4 Å². The number of carbonyl (C=O) groups excluding carboxylic acids is 1. The van der Waals surface area contributed by atoms with Crippen molar-refractivity contribution in [2.45, 2.75) is 18.7 Å². The second-order valence-electron chi connectivity index (χ2n) is 6.83. The third-order valence-electron chi connectivity index (χ3n) is 4.79. The molecule has 1 amide bonds. The second kappa shape index (κ2) is 9.09. The van der Waals surface area contributed by atoms with Crippen molar-refractivity contribution in [1.29, 1.82) is 0 Å². The van der Waals surface area contributed by atoms with Crippen molar-refractivity contribution in [3.63, 3.8) is 0 Å². The number of rotatable bonds is 7.